The molecule has 0 fully saturated rings. The zero-order chi connectivity index (χ0) is 12.1. The number of esters is 2. The van der Waals surface area contributed by atoms with Crippen LogP contribution in [0.4, 0.5) is 0 Å². The Balaban J connectivity index is 0. The molecule has 0 radical (unpaired) electrons. The zero-order valence-electron chi connectivity index (χ0n) is 9.55. The van der Waals surface area contributed by atoms with Gasteiger partial charge < -0.3 is 9.47 Å². The molecule has 0 aromatic heterocycles. The second-order valence-electron chi connectivity index (χ2n) is 2.72. The molecule has 0 atom stereocenters. The Labute approximate surface area is 95.9 Å². The molecule has 0 saturated carbocycles. The van der Waals surface area contributed by atoms with Crippen molar-refractivity contribution < 1.29 is 19.1 Å². The molecule has 0 unspecified atom stereocenters. The summed E-state index contributed by atoms with van der Waals surface area (Å²) < 4.78 is 9.19. The lowest BCUT2D eigenvalue weighted by molar-refractivity contribution is -0.143. The Morgan fingerprint density at radius 2 is 1.40 bits per heavy atom. The molecule has 0 aromatic carbocycles. The number of hydrogen-bond donors (Lipinski definition) is 0. The van der Waals surface area contributed by atoms with Crippen molar-refractivity contribution in [3.63, 3.8) is 0 Å². The second kappa shape index (κ2) is 13.2. The lowest BCUT2D eigenvalue weighted by Crippen LogP contribution is -2.06. The van der Waals surface area contributed by atoms with Crippen LogP contribution in [-0.2, 0) is 19.1 Å². The minimum atomic E-state index is -0.312. The molecule has 0 aliphatic carbocycles. The largest absolute Gasteiger partial charge is 0.466 e. The van der Waals surface area contributed by atoms with Gasteiger partial charge in [-0.1, -0.05) is 6.92 Å². The minimum absolute atomic E-state index is 0.308. The maximum absolute atomic E-state index is 10.2. The molecule has 0 heterocycles. The number of carbonyl (C=O) groups is 2. The first-order chi connectivity index (χ1) is 7.04. The molecule has 0 saturated heterocycles. The number of alkyl halides is 1. The third kappa shape index (κ3) is 24.6. The van der Waals surface area contributed by atoms with Gasteiger partial charge in [0, 0.05) is 26.1 Å². The fourth-order valence-electron chi connectivity index (χ4n) is 0.491. The van der Waals surface area contributed by atoms with Crippen LogP contribution in [0.1, 0.15) is 33.6 Å². The van der Waals surface area contributed by atoms with E-state index in [2.05, 4.69) is 9.47 Å². The highest BCUT2D eigenvalue weighted by Crippen LogP contribution is 1.85. The molecule has 0 aliphatic rings. The predicted molar refractivity (Wildman–Crippen MR) is 58.9 cm³/mol. The predicted octanol–water partition coefficient (Wildman–Crippen LogP) is 2.14. The Morgan fingerprint density at radius 3 is 1.60 bits per heavy atom. The number of rotatable bonds is 5. The van der Waals surface area contributed by atoms with Crippen molar-refractivity contribution in [3.05, 3.63) is 0 Å². The summed E-state index contributed by atoms with van der Waals surface area (Å²) in [5.41, 5.74) is 0. The van der Waals surface area contributed by atoms with Gasteiger partial charge in [-0.2, -0.15) is 0 Å². The van der Waals surface area contributed by atoms with E-state index in [1.165, 1.54) is 13.8 Å². The molecule has 0 aliphatic heterocycles. The monoisotopic (exact) mass is 238 g/mol. The maximum atomic E-state index is 10.2. The summed E-state index contributed by atoms with van der Waals surface area (Å²) >= 11 is 5.19. The third-order valence-corrected chi connectivity index (χ3v) is 1.47. The van der Waals surface area contributed by atoms with E-state index < -0.39 is 0 Å². The fraction of sp³-hybridized carbons (Fsp3) is 0.800. The minimum Gasteiger partial charge on any atom is -0.466 e. The first-order valence-corrected chi connectivity index (χ1v) is 5.40. The molecule has 4 nitrogen and oxygen atoms in total. The zero-order valence-corrected chi connectivity index (χ0v) is 10.3. The van der Waals surface area contributed by atoms with E-state index in [0.717, 1.165) is 12.3 Å². The quantitative estimate of drug-likeness (QED) is 0.418. The third-order valence-electron chi connectivity index (χ3n) is 1.09. The summed E-state index contributed by atoms with van der Waals surface area (Å²) in [5, 5.41) is 0. The molecule has 0 amide bonds. The highest BCUT2D eigenvalue weighted by molar-refractivity contribution is 6.17. The van der Waals surface area contributed by atoms with Crippen LogP contribution in [0.15, 0.2) is 0 Å². The summed E-state index contributed by atoms with van der Waals surface area (Å²) in [6.07, 6.45) is 1.64. The average molecular weight is 239 g/mol. The van der Waals surface area contributed by atoms with Gasteiger partial charge in [-0.25, -0.2) is 0 Å². The van der Waals surface area contributed by atoms with Gasteiger partial charge in [0.05, 0.1) is 13.2 Å². The van der Waals surface area contributed by atoms with Crippen molar-refractivity contribution in [1.29, 1.82) is 0 Å². The van der Waals surface area contributed by atoms with Gasteiger partial charge in [-0.05, 0) is 6.42 Å². The van der Waals surface area contributed by atoms with Crippen LogP contribution < -0.4 is 0 Å². The lowest BCUT2D eigenvalue weighted by atomic mass is 10.5. The highest BCUT2D eigenvalue weighted by atomic mass is 35.5. The van der Waals surface area contributed by atoms with E-state index in [9.17, 15) is 9.59 Å². The van der Waals surface area contributed by atoms with E-state index >= 15 is 0 Å². The van der Waals surface area contributed by atoms with Gasteiger partial charge in [0.1, 0.15) is 0 Å². The summed E-state index contributed by atoms with van der Waals surface area (Å²) in [5.74, 6) is 0.167. The van der Waals surface area contributed by atoms with Gasteiger partial charge in [-0.3, -0.25) is 9.59 Å². The van der Waals surface area contributed by atoms with E-state index in [-0.39, 0.29) is 11.9 Å². The van der Waals surface area contributed by atoms with Crippen molar-refractivity contribution >= 4 is 23.5 Å². The van der Waals surface area contributed by atoms with Crippen molar-refractivity contribution in [2.45, 2.75) is 33.6 Å². The fourth-order valence-corrected chi connectivity index (χ4v) is 0.491. The first kappa shape index (κ1) is 16.7. The number of hydrogen-bond acceptors (Lipinski definition) is 4. The van der Waals surface area contributed by atoms with Crippen LogP contribution in [0, 0.1) is 0 Å². The van der Waals surface area contributed by atoms with E-state index in [1.54, 1.807) is 0 Å². The molecule has 0 aromatic rings. The second-order valence-corrected chi connectivity index (χ2v) is 3.10. The normalized spacial score (nSPS) is 8.53. The van der Waals surface area contributed by atoms with E-state index in [1.807, 2.05) is 6.92 Å². The van der Waals surface area contributed by atoms with Crippen LogP contribution >= 0.6 is 11.6 Å². The van der Waals surface area contributed by atoms with Gasteiger partial charge in [0.2, 0.25) is 0 Å². The van der Waals surface area contributed by atoms with E-state index in [0.29, 0.717) is 19.6 Å². The molecule has 90 valence electrons. The van der Waals surface area contributed by atoms with Crippen LogP contribution in [0.2, 0.25) is 0 Å². The highest BCUT2D eigenvalue weighted by Gasteiger charge is 1.94. The molecule has 15 heavy (non-hydrogen) atoms. The van der Waals surface area contributed by atoms with Crippen molar-refractivity contribution in [2.75, 3.05) is 19.1 Å². The summed E-state index contributed by atoms with van der Waals surface area (Å²) in [4.78, 5) is 20.4. The molecule has 0 spiro atoms. The Kier molecular flexibility index (Phi) is 14.7. The molecule has 0 rings (SSSR count). The summed E-state index contributed by atoms with van der Waals surface area (Å²) in [7, 11) is 0. The maximum Gasteiger partial charge on any atom is 0.302 e. The molecular weight excluding hydrogens is 220 g/mol. The van der Waals surface area contributed by atoms with Gasteiger partial charge in [0.25, 0.3) is 0 Å². The topological polar surface area (TPSA) is 52.6 Å². The smallest absolute Gasteiger partial charge is 0.302 e. The van der Waals surface area contributed by atoms with Crippen LogP contribution in [0.25, 0.3) is 0 Å². The van der Waals surface area contributed by atoms with Crippen LogP contribution in [0.3, 0.4) is 0 Å². The van der Waals surface area contributed by atoms with Crippen molar-refractivity contribution in [3.8, 4) is 0 Å². The van der Waals surface area contributed by atoms with Crippen molar-refractivity contribution in [1.82, 2.24) is 0 Å². The van der Waals surface area contributed by atoms with Gasteiger partial charge >= 0.3 is 11.9 Å². The SMILES string of the molecule is CC(=O)OCCCOC(C)=O.CCCCl. The Bertz CT molecular complexity index is 153. The molecule has 5 heteroatoms. The van der Waals surface area contributed by atoms with E-state index in [4.69, 9.17) is 11.6 Å². The molecule has 0 bridgehead atoms. The summed E-state index contributed by atoms with van der Waals surface area (Å²) in [6, 6.07) is 0. The van der Waals surface area contributed by atoms with Crippen molar-refractivity contribution in [2.24, 2.45) is 0 Å². The van der Waals surface area contributed by atoms with Crippen LogP contribution in [-0.4, -0.2) is 31.0 Å². The lowest BCUT2D eigenvalue weighted by Gasteiger charge is -2.01. The molecular formula is C10H19ClO4. The average Bonchev–Trinajstić information content (AvgIpc) is 2.17. The summed E-state index contributed by atoms with van der Waals surface area (Å²) in [6.45, 7) is 5.34. The number of ether oxygens (including phenoxy) is 2. The Morgan fingerprint density at radius 1 is 1.07 bits per heavy atom. The first-order valence-electron chi connectivity index (χ1n) is 4.87. The van der Waals surface area contributed by atoms with Gasteiger partial charge in [-0.15, -0.1) is 11.6 Å². The number of halogens is 1. The van der Waals surface area contributed by atoms with Crippen LogP contribution in [0.5, 0.6) is 0 Å². The molecule has 0 N–H and O–H groups in total. The van der Waals surface area contributed by atoms with Gasteiger partial charge in [0.15, 0.2) is 0 Å². The number of carbonyl (C=O) groups excluding carboxylic acids is 2. The Hall–Kier alpha value is -0.770. The standard InChI is InChI=1S/C7H12O4.C3H7Cl/c1-6(8)10-4-3-5-11-7(2)9;1-2-3-4/h3-5H2,1-2H3;2-3H2,1H3.